The van der Waals surface area contributed by atoms with E-state index in [4.69, 9.17) is 16.6 Å². The number of rotatable bonds is 9. The smallest absolute Gasteiger partial charge is 0.326 e. The number of carboxylic acid groups (broad SMARTS) is 1. The Morgan fingerprint density at radius 3 is 2.42 bits per heavy atom. The molecule has 1 rings (SSSR count). The van der Waals surface area contributed by atoms with Crippen LogP contribution in [0.15, 0.2) is 0 Å². The topological polar surface area (TPSA) is 205 Å². The van der Waals surface area contributed by atoms with Gasteiger partial charge >= 0.3 is 5.97 Å². The Kier molecular flexibility index (Phi) is 7.93. The highest BCUT2D eigenvalue weighted by Crippen LogP contribution is 2.18. The van der Waals surface area contributed by atoms with Crippen LogP contribution in [0.4, 0.5) is 0 Å². The van der Waals surface area contributed by atoms with Crippen LogP contribution in [0, 0.1) is 0 Å². The first-order chi connectivity index (χ1) is 12.2. The zero-order valence-corrected chi connectivity index (χ0v) is 14.0. The average molecular weight is 373 g/mol. The van der Waals surface area contributed by atoms with Crippen molar-refractivity contribution in [2.45, 2.75) is 37.4 Å². The van der Waals surface area contributed by atoms with Crippen LogP contribution in [0.1, 0.15) is 19.3 Å². The first kappa shape index (κ1) is 21.3. The van der Waals surface area contributed by atoms with Crippen LogP contribution < -0.4 is 22.1 Å². The second kappa shape index (κ2) is 9.68. The average Bonchev–Trinajstić information content (AvgIpc) is 3.06. The van der Waals surface area contributed by atoms with Crippen LogP contribution in [-0.4, -0.2) is 82.5 Å². The molecule has 1 saturated heterocycles. The second-order valence-electron chi connectivity index (χ2n) is 5.83. The molecule has 4 amide bonds. The molecule has 8 N–H and O–H groups in total. The summed E-state index contributed by atoms with van der Waals surface area (Å²) in [5.41, 5.74) is 10.3. The SMILES string of the molecule is NC(=O)CC(N)C(=O)NCC(=O)NC(CO)C(=O)N1CCCC1C(=O)O. The molecule has 0 bridgehead atoms. The van der Waals surface area contributed by atoms with Crippen molar-refractivity contribution in [3.63, 3.8) is 0 Å². The number of carboxylic acids is 1. The van der Waals surface area contributed by atoms with E-state index in [2.05, 4.69) is 10.6 Å². The Hall–Kier alpha value is -2.73. The van der Waals surface area contributed by atoms with E-state index < -0.39 is 67.3 Å². The summed E-state index contributed by atoms with van der Waals surface area (Å²) in [6.07, 6.45) is 0.403. The maximum Gasteiger partial charge on any atom is 0.326 e. The molecule has 1 fully saturated rings. The van der Waals surface area contributed by atoms with E-state index >= 15 is 0 Å². The molecule has 1 aliphatic heterocycles. The first-order valence-corrected chi connectivity index (χ1v) is 7.92. The minimum absolute atomic E-state index is 0.209. The molecule has 26 heavy (non-hydrogen) atoms. The fourth-order valence-electron chi connectivity index (χ4n) is 2.53. The molecule has 0 aliphatic carbocycles. The molecule has 1 heterocycles. The number of nitrogens with zero attached hydrogens (tertiary/aromatic N) is 1. The molecule has 12 nitrogen and oxygen atoms in total. The van der Waals surface area contributed by atoms with E-state index in [1.54, 1.807) is 0 Å². The van der Waals surface area contributed by atoms with Crippen LogP contribution >= 0.6 is 0 Å². The lowest BCUT2D eigenvalue weighted by atomic mass is 10.2. The Balaban J connectivity index is 2.55. The van der Waals surface area contributed by atoms with Gasteiger partial charge in [0, 0.05) is 6.54 Å². The fourth-order valence-corrected chi connectivity index (χ4v) is 2.53. The number of hydrogen-bond acceptors (Lipinski definition) is 7. The summed E-state index contributed by atoms with van der Waals surface area (Å²) in [6.45, 7) is -1.07. The molecule has 0 aromatic rings. The minimum atomic E-state index is -1.33. The molecule has 0 saturated carbocycles. The van der Waals surface area contributed by atoms with Gasteiger partial charge in [-0.3, -0.25) is 19.2 Å². The number of aliphatic carboxylic acids is 1. The van der Waals surface area contributed by atoms with Crippen molar-refractivity contribution in [2.75, 3.05) is 19.7 Å². The van der Waals surface area contributed by atoms with E-state index in [0.29, 0.717) is 12.8 Å². The number of carbonyl (C=O) groups excluding carboxylic acids is 4. The molecule has 0 spiro atoms. The van der Waals surface area contributed by atoms with Gasteiger partial charge in [-0.05, 0) is 12.8 Å². The molecule has 146 valence electrons. The first-order valence-electron chi connectivity index (χ1n) is 7.92. The number of aliphatic hydroxyl groups is 1. The zero-order valence-electron chi connectivity index (χ0n) is 14.0. The summed E-state index contributed by atoms with van der Waals surface area (Å²) in [5.74, 6) is -4.22. The number of likely N-dealkylation sites (tertiary alicyclic amines) is 1. The molecule has 0 radical (unpaired) electrons. The number of nitrogens with two attached hydrogens (primary N) is 2. The van der Waals surface area contributed by atoms with Crippen molar-refractivity contribution in [1.82, 2.24) is 15.5 Å². The van der Waals surface area contributed by atoms with E-state index in [0.717, 1.165) is 4.90 Å². The van der Waals surface area contributed by atoms with Gasteiger partial charge in [0.05, 0.1) is 25.6 Å². The number of carbonyl (C=O) groups is 5. The number of amides is 4. The van der Waals surface area contributed by atoms with Crippen LogP contribution in [-0.2, 0) is 24.0 Å². The third-order valence-corrected chi connectivity index (χ3v) is 3.82. The van der Waals surface area contributed by atoms with Gasteiger partial charge in [-0.25, -0.2) is 4.79 Å². The Labute approximate surface area is 148 Å². The van der Waals surface area contributed by atoms with Crippen LogP contribution in [0.25, 0.3) is 0 Å². The highest BCUT2D eigenvalue weighted by molar-refractivity contribution is 5.93. The molecule has 0 aromatic heterocycles. The fraction of sp³-hybridized carbons (Fsp3) is 0.643. The molecular weight excluding hydrogens is 350 g/mol. The van der Waals surface area contributed by atoms with Gasteiger partial charge < -0.3 is 37.2 Å². The number of nitrogens with one attached hydrogen (secondary N) is 2. The van der Waals surface area contributed by atoms with Crippen LogP contribution in [0.3, 0.4) is 0 Å². The summed E-state index contributed by atoms with van der Waals surface area (Å²) in [7, 11) is 0. The van der Waals surface area contributed by atoms with Crippen LogP contribution in [0.5, 0.6) is 0 Å². The number of primary amides is 1. The zero-order chi connectivity index (χ0) is 19.9. The van der Waals surface area contributed by atoms with Crippen molar-refractivity contribution in [3.05, 3.63) is 0 Å². The van der Waals surface area contributed by atoms with Gasteiger partial charge in [0.25, 0.3) is 0 Å². The van der Waals surface area contributed by atoms with Crippen molar-refractivity contribution in [2.24, 2.45) is 11.5 Å². The normalized spacial score (nSPS) is 18.7. The van der Waals surface area contributed by atoms with Gasteiger partial charge in [-0.15, -0.1) is 0 Å². The third-order valence-electron chi connectivity index (χ3n) is 3.82. The lowest BCUT2D eigenvalue weighted by Crippen LogP contribution is -2.55. The van der Waals surface area contributed by atoms with E-state index in [1.165, 1.54) is 0 Å². The van der Waals surface area contributed by atoms with Crippen molar-refractivity contribution in [3.8, 4) is 0 Å². The predicted octanol–water partition coefficient (Wildman–Crippen LogP) is -4.14. The summed E-state index contributed by atoms with van der Waals surface area (Å²) >= 11 is 0. The second-order valence-corrected chi connectivity index (χ2v) is 5.83. The van der Waals surface area contributed by atoms with E-state index in [-0.39, 0.29) is 6.54 Å². The van der Waals surface area contributed by atoms with Gasteiger partial charge in [-0.2, -0.15) is 0 Å². The molecule has 3 unspecified atom stereocenters. The lowest BCUT2D eigenvalue weighted by molar-refractivity contribution is -0.149. The Bertz CT molecular complexity index is 582. The Morgan fingerprint density at radius 1 is 1.23 bits per heavy atom. The largest absolute Gasteiger partial charge is 0.480 e. The quantitative estimate of drug-likeness (QED) is 0.233. The predicted molar refractivity (Wildman–Crippen MR) is 86.2 cm³/mol. The molecule has 1 aliphatic rings. The van der Waals surface area contributed by atoms with E-state index in [1.807, 2.05) is 0 Å². The molecular formula is C14H23N5O7. The van der Waals surface area contributed by atoms with Crippen molar-refractivity contribution >= 4 is 29.6 Å². The summed E-state index contributed by atoms with van der Waals surface area (Å²) in [4.78, 5) is 58.7. The maximum atomic E-state index is 12.3. The number of aliphatic hydroxyl groups excluding tert-OH is 1. The standard InChI is InChI=1S/C14H23N5O7/c15-7(4-10(16)21)12(23)17-5-11(22)18-8(6-20)13(24)19-3-1-2-9(19)14(25)26/h7-9,20H,1-6,15H2,(H2,16,21)(H,17,23)(H,18,22)(H,25,26). The molecule has 12 heteroatoms. The third kappa shape index (κ3) is 5.97. The van der Waals surface area contributed by atoms with Gasteiger partial charge in [0.15, 0.2) is 0 Å². The summed E-state index contributed by atoms with van der Waals surface area (Å²) in [5, 5.41) is 22.8. The number of hydrogen-bond donors (Lipinski definition) is 6. The molecule has 3 atom stereocenters. The van der Waals surface area contributed by atoms with Crippen molar-refractivity contribution in [1.29, 1.82) is 0 Å². The van der Waals surface area contributed by atoms with Gasteiger partial charge in [0.2, 0.25) is 23.6 Å². The van der Waals surface area contributed by atoms with Crippen molar-refractivity contribution < 1.29 is 34.2 Å². The summed E-state index contributed by atoms with van der Waals surface area (Å²) < 4.78 is 0. The highest BCUT2D eigenvalue weighted by Gasteiger charge is 2.37. The lowest BCUT2D eigenvalue weighted by Gasteiger charge is -2.26. The van der Waals surface area contributed by atoms with Crippen LogP contribution in [0.2, 0.25) is 0 Å². The van der Waals surface area contributed by atoms with E-state index in [9.17, 15) is 29.1 Å². The van der Waals surface area contributed by atoms with Gasteiger partial charge in [0.1, 0.15) is 12.1 Å². The Morgan fingerprint density at radius 2 is 1.88 bits per heavy atom. The minimum Gasteiger partial charge on any atom is -0.480 e. The monoisotopic (exact) mass is 373 g/mol. The summed E-state index contributed by atoms with van der Waals surface area (Å²) in [6, 6.07) is -3.55. The molecule has 0 aromatic carbocycles. The van der Waals surface area contributed by atoms with Gasteiger partial charge in [-0.1, -0.05) is 0 Å². The highest BCUT2D eigenvalue weighted by atomic mass is 16.4. The maximum absolute atomic E-state index is 12.3.